The lowest BCUT2D eigenvalue weighted by Gasteiger charge is -2.11. The van der Waals surface area contributed by atoms with Crippen LogP contribution in [0.25, 0.3) is 28.2 Å². The van der Waals surface area contributed by atoms with Gasteiger partial charge in [-0.1, -0.05) is 30.3 Å². The molecule has 9 heteroatoms. The first-order valence-corrected chi connectivity index (χ1v) is 9.03. The van der Waals surface area contributed by atoms with Crippen molar-refractivity contribution in [3.8, 4) is 11.3 Å². The van der Waals surface area contributed by atoms with Gasteiger partial charge in [-0.25, -0.2) is 4.79 Å². The summed E-state index contributed by atoms with van der Waals surface area (Å²) in [5, 5.41) is 18.8. The molecule has 0 spiro atoms. The molecule has 0 aliphatic rings. The molecule has 2 N–H and O–H groups in total. The van der Waals surface area contributed by atoms with Crippen LogP contribution in [0.3, 0.4) is 0 Å². The summed E-state index contributed by atoms with van der Waals surface area (Å²) in [4.78, 5) is 30.2. The Morgan fingerprint density at radius 3 is 2.50 bits per heavy atom. The molecule has 0 aliphatic heterocycles. The molecular weight excluding hydrogens is 362 g/mol. The van der Waals surface area contributed by atoms with E-state index >= 15 is 0 Å². The van der Waals surface area contributed by atoms with Crippen LogP contribution in [0.1, 0.15) is 6.92 Å². The first kappa shape index (κ1) is 18.2. The lowest BCUT2D eigenvalue weighted by Crippen LogP contribution is -2.42. The average molecular weight is 383 g/mol. The summed E-state index contributed by atoms with van der Waals surface area (Å²) in [5.74, 6) is 0.559. The number of hydrogen-bond acceptors (Lipinski definition) is 5. The molecule has 3 aromatic heterocycles. The number of rotatable bonds is 5. The van der Waals surface area contributed by atoms with Gasteiger partial charge in [0.05, 0.1) is 24.9 Å². The molecule has 0 radical (unpaired) electrons. The SMILES string of the molecule is CCn1c(-c2ccccc2)cn2c3c(=O)n(CC(O)CO)c(=O)n(C)c3nc12. The highest BCUT2D eigenvalue weighted by Crippen LogP contribution is 2.25. The molecule has 1 aromatic carbocycles. The first-order chi connectivity index (χ1) is 13.5. The number of aliphatic hydroxyl groups is 2. The zero-order valence-corrected chi connectivity index (χ0v) is 15.6. The predicted molar refractivity (Wildman–Crippen MR) is 104 cm³/mol. The highest BCUT2D eigenvalue weighted by molar-refractivity contribution is 5.78. The van der Waals surface area contributed by atoms with E-state index in [0.717, 1.165) is 15.8 Å². The Morgan fingerprint density at radius 2 is 1.86 bits per heavy atom. The standard InChI is InChI=1S/C19H21N5O4/c1-3-22-14(12-7-5-4-6-8-12)10-23-15-16(20-18(22)23)21(2)19(28)24(17(15)27)9-13(26)11-25/h4-8,10,13,25-26H,3,9,11H2,1-2H3. The zero-order chi connectivity index (χ0) is 20.0. The number of hydrogen-bond donors (Lipinski definition) is 2. The van der Waals surface area contributed by atoms with E-state index in [9.17, 15) is 14.7 Å². The number of aromatic nitrogens is 5. The highest BCUT2D eigenvalue weighted by atomic mass is 16.3. The maximum atomic E-state index is 13.1. The van der Waals surface area contributed by atoms with E-state index in [2.05, 4.69) is 4.98 Å². The van der Waals surface area contributed by atoms with Crippen molar-refractivity contribution < 1.29 is 10.2 Å². The second kappa shape index (κ2) is 6.77. The monoisotopic (exact) mass is 383 g/mol. The Labute approximate surface area is 159 Å². The van der Waals surface area contributed by atoms with Gasteiger partial charge in [0.25, 0.3) is 5.56 Å². The minimum absolute atomic E-state index is 0.256. The van der Waals surface area contributed by atoms with E-state index < -0.39 is 24.0 Å². The second-order valence-corrected chi connectivity index (χ2v) is 6.67. The molecule has 0 fully saturated rings. The first-order valence-electron chi connectivity index (χ1n) is 9.03. The van der Waals surface area contributed by atoms with Gasteiger partial charge >= 0.3 is 5.69 Å². The molecule has 0 amide bonds. The Bertz CT molecular complexity index is 1280. The maximum Gasteiger partial charge on any atom is 0.332 e. The van der Waals surface area contributed by atoms with Crippen LogP contribution < -0.4 is 11.2 Å². The number of nitrogens with zero attached hydrogens (tertiary/aromatic N) is 5. The van der Waals surface area contributed by atoms with Crippen molar-refractivity contribution in [3.63, 3.8) is 0 Å². The van der Waals surface area contributed by atoms with Crippen molar-refractivity contribution in [1.29, 1.82) is 0 Å². The molecule has 4 rings (SSSR count). The molecule has 28 heavy (non-hydrogen) atoms. The van der Waals surface area contributed by atoms with Gasteiger partial charge in [0, 0.05) is 19.8 Å². The summed E-state index contributed by atoms with van der Waals surface area (Å²) in [7, 11) is 1.53. The van der Waals surface area contributed by atoms with Gasteiger partial charge in [0.1, 0.15) is 0 Å². The van der Waals surface area contributed by atoms with Crippen LogP contribution in [0.5, 0.6) is 0 Å². The summed E-state index contributed by atoms with van der Waals surface area (Å²) >= 11 is 0. The number of benzene rings is 1. The van der Waals surface area contributed by atoms with E-state index in [1.807, 2.05) is 48.0 Å². The summed E-state index contributed by atoms with van der Waals surface area (Å²) < 4.78 is 5.88. The third-order valence-corrected chi connectivity index (χ3v) is 4.93. The van der Waals surface area contributed by atoms with Crippen LogP contribution >= 0.6 is 0 Å². The van der Waals surface area contributed by atoms with E-state index in [-0.39, 0.29) is 17.7 Å². The molecule has 4 aromatic rings. The molecule has 0 saturated carbocycles. The molecule has 0 bridgehead atoms. The molecule has 0 aliphatic carbocycles. The van der Waals surface area contributed by atoms with E-state index in [4.69, 9.17) is 5.11 Å². The predicted octanol–water partition coefficient (Wildman–Crippen LogP) is 0.189. The third kappa shape index (κ3) is 2.59. The van der Waals surface area contributed by atoms with Crippen LogP contribution in [0.4, 0.5) is 0 Å². The molecule has 9 nitrogen and oxygen atoms in total. The summed E-state index contributed by atoms with van der Waals surface area (Å²) in [5.41, 5.74) is 1.29. The fourth-order valence-corrected chi connectivity index (χ4v) is 3.52. The van der Waals surface area contributed by atoms with Crippen molar-refractivity contribution in [1.82, 2.24) is 23.1 Å². The molecule has 1 unspecified atom stereocenters. The quantitative estimate of drug-likeness (QED) is 0.512. The Kier molecular flexibility index (Phi) is 4.40. The lowest BCUT2D eigenvalue weighted by atomic mass is 10.2. The van der Waals surface area contributed by atoms with Crippen molar-refractivity contribution in [2.24, 2.45) is 7.05 Å². The Hall–Kier alpha value is -3.17. The summed E-state index contributed by atoms with van der Waals surface area (Å²) in [6.45, 7) is 1.79. The van der Waals surface area contributed by atoms with Gasteiger partial charge < -0.3 is 14.8 Å². The van der Waals surface area contributed by atoms with Gasteiger partial charge in [-0.3, -0.25) is 18.3 Å². The maximum absolute atomic E-state index is 13.1. The largest absolute Gasteiger partial charge is 0.394 e. The van der Waals surface area contributed by atoms with Crippen molar-refractivity contribution in [2.75, 3.05) is 6.61 Å². The molecular formula is C19H21N5O4. The molecule has 0 saturated heterocycles. The van der Waals surface area contributed by atoms with Crippen molar-refractivity contribution >= 4 is 16.9 Å². The van der Waals surface area contributed by atoms with Crippen LogP contribution in [-0.4, -0.2) is 46.0 Å². The van der Waals surface area contributed by atoms with E-state index in [0.29, 0.717) is 12.3 Å². The van der Waals surface area contributed by atoms with Crippen LogP contribution in [-0.2, 0) is 20.1 Å². The van der Waals surface area contributed by atoms with Gasteiger partial charge in [0.15, 0.2) is 11.2 Å². The molecule has 1 atom stereocenters. The third-order valence-electron chi connectivity index (χ3n) is 4.93. The second-order valence-electron chi connectivity index (χ2n) is 6.67. The number of imidazole rings is 2. The van der Waals surface area contributed by atoms with Crippen LogP contribution in [0, 0.1) is 0 Å². The fraction of sp³-hybridized carbons (Fsp3) is 0.316. The van der Waals surface area contributed by atoms with Gasteiger partial charge in [-0.15, -0.1) is 0 Å². The van der Waals surface area contributed by atoms with Gasteiger partial charge in [0.2, 0.25) is 5.78 Å². The average Bonchev–Trinajstić information content (AvgIpc) is 3.26. The van der Waals surface area contributed by atoms with Gasteiger partial charge in [-0.2, -0.15) is 4.98 Å². The Morgan fingerprint density at radius 1 is 1.14 bits per heavy atom. The zero-order valence-electron chi connectivity index (χ0n) is 15.6. The van der Waals surface area contributed by atoms with Crippen molar-refractivity contribution in [3.05, 3.63) is 57.4 Å². The molecule has 146 valence electrons. The minimum atomic E-state index is -1.20. The normalized spacial score (nSPS) is 12.9. The smallest absolute Gasteiger partial charge is 0.332 e. The highest BCUT2D eigenvalue weighted by Gasteiger charge is 2.22. The topological polar surface area (TPSA) is 107 Å². The van der Waals surface area contributed by atoms with E-state index in [1.54, 1.807) is 4.40 Å². The Balaban J connectivity index is 2.07. The minimum Gasteiger partial charge on any atom is -0.394 e. The molecule has 3 heterocycles. The number of aryl methyl sites for hydroxylation is 2. The number of fused-ring (bicyclic) bond motifs is 3. The summed E-state index contributed by atoms with van der Waals surface area (Å²) in [6, 6.07) is 9.78. The summed E-state index contributed by atoms with van der Waals surface area (Å²) in [6.07, 6.45) is 0.633. The lowest BCUT2D eigenvalue weighted by molar-refractivity contribution is 0.0791. The van der Waals surface area contributed by atoms with Crippen LogP contribution in [0.2, 0.25) is 0 Å². The number of aliphatic hydroxyl groups excluding tert-OH is 2. The van der Waals surface area contributed by atoms with Gasteiger partial charge in [-0.05, 0) is 12.5 Å². The fourth-order valence-electron chi connectivity index (χ4n) is 3.52. The van der Waals surface area contributed by atoms with Crippen molar-refractivity contribution in [2.45, 2.75) is 26.1 Å². The van der Waals surface area contributed by atoms with E-state index in [1.165, 1.54) is 11.6 Å². The van der Waals surface area contributed by atoms with Crippen LogP contribution in [0.15, 0.2) is 46.1 Å².